The minimum Gasteiger partial charge on any atom is -0.364 e. The van der Waals surface area contributed by atoms with Crippen LogP contribution < -0.4 is 5.73 Å². The molecule has 0 aromatic rings. The summed E-state index contributed by atoms with van der Waals surface area (Å²) in [7, 11) is -3.71. The average molecular weight is 223 g/mol. The quantitative estimate of drug-likeness (QED) is 0.322. The molecule has 0 aliphatic rings. The number of aliphatic hydroxyl groups is 2. The van der Waals surface area contributed by atoms with Gasteiger partial charge in [0.15, 0.2) is 12.6 Å². The largest absolute Gasteiger partial charge is 0.364 e. The summed E-state index contributed by atoms with van der Waals surface area (Å²) in [6.07, 6.45) is -1.37. The van der Waals surface area contributed by atoms with E-state index in [1.807, 2.05) is 0 Å². The van der Waals surface area contributed by atoms with Gasteiger partial charge in [-0.25, -0.2) is 0 Å². The standard InChI is InChI=1S/C7H14NO5P/c1-3-6(9)12-14(11,5-8)13-7(10)4-2/h3-4,6-7,9-10H,1-2,5,8H2. The van der Waals surface area contributed by atoms with Crippen LogP contribution in [0.15, 0.2) is 25.3 Å². The molecule has 0 radical (unpaired) electrons. The van der Waals surface area contributed by atoms with E-state index in [0.29, 0.717) is 0 Å². The fourth-order valence-electron chi connectivity index (χ4n) is 0.526. The van der Waals surface area contributed by atoms with Crippen molar-refractivity contribution in [2.45, 2.75) is 12.6 Å². The van der Waals surface area contributed by atoms with Crippen molar-refractivity contribution in [1.29, 1.82) is 0 Å². The lowest BCUT2D eigenvalue weighted by Gasteiger charge is -2.20. The minimum absolute atomic E-state index is 0.469. The van der Waals surface area contributed by atoms with Crippen molar-refractivity contribution < 1.29 is 23.8 Å². The number of nitrogens with two attached hydrogens (primary N) is 1. The van der Waals surface area contributed by atoms with Gasteiger partial charge in [-0.3, -0.25) is 13.6 Å². The molecule has 82 valence electrons. The molecular weight excluding hydrogens is 209 g/mol. The number of aliphatic hydroxyl groups excluding tert-OH is 2. The van der Waals surface area contributed by atoms with Crippen LogP contribution in [0.1, 0.15) is 0 Å². The molecule has 2 atom stereocenters. The normalized spacial score (nSPS) is 19.4. The maximum Gasteiger partial charge on any atom is 0.349 e. The first-order valence-corrected chi connectivity index (χ1v) is 5.47. The Morgan fingerprint density at radius 3 is 1.86 bits per heavy atom. The van der Waals surface area contributed by atoms with Gasteiger partial charge in [0.1, 0.15) is 0 Å². The zero-order valence-electron chi connectivity index (χ0n) is 7.57. The SMILES string of the molecule is C=CC(O)OP(=O)(CN)OC(O)C=C. The molecule has 0 spiro atoms. The van der Waals surface area contributed by atoms with Crippen molar-refractivity contribution in [1.82, 2.24) is 0 Å². The van der Waals surface area contributed by atoms with Crippen LogP contribution in [0.3, 0.4) is 0 Å². The van der Waals surface area contributed by atoms with Crippen LogP contribution in [-0.4, -0.2) is 29.1 Å². The molecule has 4 N–H and O–H groups in total. The van der Waals surface area contributed by atoms with Gasteiger partial charge in [-0.2, -0.15) is 0 Å². The Morgan fingerprint density at radius 1 is 1.29 bits per heavy atom. The third-order valence-corrected chi connectivity index (χ3v) is 2.69. The molecule has 6 nitrogen and oxygen atoms in total. The maximum atomic E-state index is 11.5. The van der Waals surface area contributed by atoms with Crippen molar-refractivity contribution in [2.24, 2.45) is 5.73 Å². The molecule has 0 aromatic heterocycles. The minimum atomic E-state index is -3.71. The van der Waals surface area contributed by atoms with E-state index < -0.39 is 26.5 Å². The summed E-state index contributed by atoms with van der Waals surface area (Å²) in [4.78, 5) is 0. The zero-order valence-corrected chi connectivity index (χ0v) is 8.47. The lowest BCUT2D eigenvalue weighted by molar-refractivity contribution is -0.0280. The van der Waals surface area contributed by atoms with Gasteiger partial charge in [0.05, 0.1) is 6.29 Å². The van der Waals surface area contributed by atoms with Gasteiger partial charge in [-0.15, -0.1) is 0 Å². The first kappa shape index (κ1) is 13.5. The van der Waals surface area contributed by atoms with E-state index >= 15 is 0 Å². The molecule has 0 bridgehead atoms. The summed E-state index contributed by atoms with van der Waals surface area (Å²) < 4.78 is 20.6. The Hall–Kier alpha value is -0.490. The van der Waals surface area contributed by atoms with Gasteiger partial charge in [0.2, 0.25) is 0 Å². The predicted octanol–water partition coefficient (Wildman–Crippen LogP) is 0.138. The summed E-state index contributed by atoms with van der Waals surface area (Å²) in [5, 5.41) is 17.9. The summed E-state index contributed by atoms with van der Waals surface area (Å²) in [6, 6.07) is 0. The first-order chi connectivity index (χ1) is 6.47. The molecule has 2 unspecified atom stereocenters. The van der Waals surface area contributed by atoms with Crippen LogP contribution in [0.2, 0.25) is 0 Å². The summed E-state index contributed by atoms with van der Waals surface area (Å²) >= 11 is 0. The Balaban J connectivity index is 4.39. The first-order valence-electron chi connectivity index (χ1n) is 3.74. The molecule has 0 aliphatic heterocycles. The van der Waals surface area contributed by atoms with Gasteiger partial charge in [-0.05, 0) is 12.2 Å². The smallest absolute Gasteiger partial charge is 0.349 e. The highest BCUT2D eigenvalue weighted by Gasteiger charge is 2.27. The van der Waals surface area contributed by atoms with Gasteiger partial charge in [0.25, 0.3) is 0 Å². The molecule has 0 saturated heterocycles. The Kier molecular flexibility index (Phi) is 5.87. The van der Waals surface area contributed by atoms with Crippen LogP contribution in [-0.2, 0) is 13.6 Å². The van der Waals surface area contributed by atoms with Crippen molar-refractivity contribution >= 4 is 7.60 Å². The highest BCUT2D eigenvalue weighted by molar-refractivity contribution is 7.53. The van der Waals surface area contributed by atoms with Crippen LogP contribution in [0.4, 0.5) is 0 Å². The second kappa shape index (κ2) is 6.08. The summed E-state index contributed by atoms with van der Waals surface area (Å²) in [6.45, 7) is 6.41. The van der Waals surface area contributed by atoms with Crippen LogP contribution in [0, 0.1) is 0 Å². The average Bonchev–Trinajstić information content (AvgIpc) is 2.17. The molecular formula is C7H14NO5P. The summed E-state index contributed by atoms with van der Waals surface area (Å²) in [5.74, 6) is 0. The molecule has 0 fully saturated rings. The van der Waals surface area contributed by atoms with E-state index in [9.17, 15) is 4.57 Å². The lowest BCUT2D eigenvalue weighted by Crippen LogP contribution is -2.17. The van der Waals surface area contributed by atoms with Crippen molar-refractivity contribution in [3.63, 3.8) is 0 Å². The third kappa shape index (κ3) is 4.66. The molecule has 0 heterocycles. The van der Waals surface area contributed by atoms with Crippen LogP contribution >= 0.6 is 7.60 Å². The molecule has 0 aliphatic carbocycles. The zero-order chi connectivity index (χ0) is 11.2. The van der Waals surface area contributed by atoms with Crippen molar-refractivity contribution in [3.05, 3.63) is 25.3 Å². The van der Waals surface area contributed by atoms with E-state index in [2.05, 4.69) is 22.2 Å². The third-order valence-electron chi connectivity index (χ3n) is 1.16. The van der Waals surface area contributed by atoms with Crippen LogP contribution in [0.25, 0.3) is 0 Å². The highest BCUT2D eigenvalue weighted by Crippen LogP contribution is 2.48. The maximum absolute atomic E-state index is 11.5. The number of hydrogen-bond acceptors (Lipinski definition) is 6. The Morgan fingerprint density at radius 2 is 1.64 bits per heavy atom. The van der Waals surface area contributed by atoms with Crippen molar-refractivity contribution in [3.8, 4) is 0 Å². The fraction of sp³-hybridized carbons (Fsp3) is 0.429. The van der Waals surface area contributed by atoms with Crippen LogP contribution in [0.5, 0.6) is 0 Å². The van der Waals surface area contributed by atoms with E-state index in [1.165, 1.54) is 0 Å². The number of hydrogen-bond donors (Lipinski definition) is 3. The molecule has 0 rings (SSSR count). The molecule has 7 heteroatoms. The second-order valence-electron chi connectivity index (χ2n) is 2.26. The summed E-state index contributed by atoms with van der Waals surface area (Å²) in [5.41, 5.74) is 5.11. The fourth-order valence-corrected chi connectivity index (χ4v) is 1.58. The van der Waals surface area contributed by atoms with E-state index in [4.69, 9.17) is 15.9 Å². The number of rotatable bonds is 7. The highest BCUT2D eigenvalue weighted by atomic mass is 31.2. The monoisotopic (exact) mass is 223 g/mol. The molecule has 14 heavy (non-hydrogen) atoms. The molecule has 0 aromatic carbocycles. The van der Waals surface area contributed by atoms with Crippen molar-refractivity contribution in [2.75, 3.05) is 6.29 Å². The van der Waals surface area contributed by atoms with E-state index in [1.54, 1.807) is 0 Å². The van der Waals surface area contributed by atoms with Gasteiger partial charge in [0, 0.05) is 0 Å². The van der Waals surface area contributed by atoms with E-state index in [0.717, 1.165) is 12.2 Å². The predicted molar refractivity (Wildman–Crippen MR) is 51.2 cm³/mol. The molecule has 0 amide bonds. The van der Waals surface area contributed by atoms with Gasteiger partial charge < -0.3 is 15.9 Å². The Bertz CT molecular complexity index is 224. The van der Waals surface area contributed by atoms with Gasteiger partial charge >= 0.3 is 7.60 Å². The van der Waals surface area contributed by atoms with E-state index in [-0.39, 0.29) is 0 Å². The topological polar surface area (TPSA) is 102 Å². The Labute approximate surface area is 82.2 Å². The lowest BCUT2D eigenvalue weighted by atomic mass is 10.6. The van der Waals surface area contributed by atoms with Gasteiger partial charge in [-0.1, -0.05) is 13.2 Å². The molecule has 0 saturated carbocycles. The second-order valence-corrected chi connectivity index (χ2v) is 4.27.